The zero-order valence-corrected chi connectivity index (χ0v) is 8.95. The van der Waals surface area contributed by atoms with Crippen LogP contribution in [-0.2, 0) is 0 Å². The minimum Gasteiger partial charge on any atom is -0.127 e. The van der Waals surface area contributed by atoms with Gasteiger partial charge in [-0.15, -0.1) is 11.6 Å². The van der Waals surface area contributed by atoms with Gasteiger partial charge in [-0.05, 0) is 25.7 Å². The molecular weight excluding hydrogens is 168 g/mol. The molecule has 0 saturated carbocycles. The van der Waals surface area contributed by atoms with Crippen LogP contribution in [0.5, 0.6) is 0 Å². The minimum absolute atomic E-state index is 0.792. The molecular formula is C11H21Cl. The first-order valence-corrected chi connectivity index (χ1v) is 5.66. The number of allylic oxidation sites excluding steroid dienone is 2. The summed E-state index contributed by atoms with van der Waals surface area (Å²) in [6, 6.07) is 0. The Bertz CT molecular complexity index is 97.2. The Morgan fingerprint density at radius 1 is 0.917 bits per heavy atom. The summed E-state index contributed by atoms with van der Waals surface area (Å²) in [6.07, 6.45) is 13.5. The highest BCUT2D eigenvalue weighted by molar-refractivity contribution is 6.17. The molecule has 0 bridgehead atoms. The number of hydrogen-bond acceptors (Lipinski definition) is 0. The van der Waals surface area contributed by atoms with Crippen LogP contribution in [-0.4, -0.2) is 5.88 Å². The molecule has 0 spiro atoms. The van der Waals surface area contributed by atoms with Gasteiger partial charge in [0.05, 0.1) is 0 Å². The van der Waals surface area contributed by atoms with Crippen molar-refractivity contribution in [3.8, 4) is 0 Å². The number of hydrogen-bond donors (Lipinski definition) is 0. The van der Waals surface area contributed by atoms with Gasteiger partial charge in [0.25, 0.3) is 0 Å². The second kappa shape index (κ2) is 11.0. The van der Waals surface area contributed by atoms with Crippen LogP contribution in [0.25, 0.3) is 0 Å². The molecule has 0 aliphatic carbocycles. The summed E-state index contributed by atoms with van der Waals surface area (Å²) in [6.45, 7) is 2.25. The quantitative estimate of drug-likeness (QED) is 0.298. The largest absolute Gasteiger partial charge is 0.127 e. The van der Waals surface area contributed by atoms with Gasteiger partial charge in [-0.25, -0.2) is 0 Å². The molecule has 0 amide bonds. The van der Waals surface area contributed by atoms with Crippen molar-refractivity contribution in [3.63, 3.8) is 0 Å². The smallest absolute Gasteiger partial charge is 0.0226 e. The fourth-order valence-corrected chi connectivity index (χ4v) is 1.27. The van der Waals surface area contributed by atoms with Crippen LogP contribution in [0, 0.1) is 0 Å². The van der Waals surface area contributed by atoms with E-state index < -0.39 is 0 Å². The predicted molar refractivity (Wildman–Crippen MR) is 57.9 cm³/mol. The van der Waals surface area contributed by atoms with E-state index in [9.17, 15) is 0 Å². The van der Waals surface area contributed by atoms with Crippen molar-refractivity contribution < 1.29 is 0 Å². The lowest BCUT2D eigenvalue weighted by molar-refractivity contribution is 0.673. The van der Waals surface area contributed by atoms with Gasteiger partial charge in [0.15, 0.2) is 0 Å². The first kappa shape index (κ1) is 12.0. The molecule has 72 valence electrons. The van der Waals surface area contributed by atoms with Crippen molar-refractivity contribution in [2.45, 2.75) is 51.9 Å². The van der Waals surface area contributed by atoms with E-state index in [0.29, 0.717) is 0 Å². The fraction of sp³-hybridized carbons (Fsp3) is 0.818. The molecule has 0 fully saturated rings. The van der Waals surface area contributed by atoms with Crippen molar-refractivity contribution in [2.24, 2.45) is 0 Å². The monoisotopic (exact) mass is 188 g/mol. The Labute approximate surface area is 82.0 Å². The van der Waals surface area contributed by atoms with E-state index in [4.69, 9.17) is 11.6 Å². The van der Waals surface area contributed by atoms with Gasteiger partial charge in [0.2, 0.25) is 0 Å². The van der Waals surface area contributed by atoms with Gasteiger partial charge in [-0.3, -0.25) is 0 Å². The SMILES string of the molecule is CCCCCC/C=C\CCCCl. The molecule has 0 aromatic carbocycles. The van der Waals surface area contributed by atoms with Crippen LogP contribution in [0.4, 0.5) is 0 Å². The zero-order chi connectivity index (χ0) is 9.07. The van der Waals surface area contributed by atoms with E-state index in [2.05, 4.69) is 19.1 Å². The molecule has 0 aromatic rings. The van der Waals surface area contributed by atoms with E-state index in [-0.39, 0.29) is 0 Å². The van der Waals surface area contributed by atoms with Crippen LogP contribution in [0.15, 0.2) is 12.2 Å². The molecule has 0 saturated heterocycles. The van der Waals surface area contributed by atoms with E-state index >= 15 is 0 Å². The minimum atomic E-state index is 0.792. The molecule has 0 nitrogen and oxygen atoms in total. The third-order valence-corrected chi connectivity index (χ3v) is 2.16. The lowest BCUT2D eigenvalue weighted by Gasteiger charge is -1.93. The topological polar surface area (TPSA) is 0 Å². The normalized spacial score (nSPS) is 11.2. The maximum atomic E-state index is 5.55. The lowest BCUT2D eigenvalue weighted by atomic mass is 10.1. The highest BCUT2D eigenvalue weighted by atomic mass is 35.5. The van der Waals surface area contributed by atoms with Crippen LogP contribution in [0.2, 0.25) is 0 Å². The van der Waals surface area contributed by atoms with Crippen LogP contribution in [0.1, 0.15) is 51.9 Å². The second-order valence-corrected chi connectivity index (χ2v) is 3.53. The van der Waals surface area contributed by atoms with Gasteiger partial charge >= 0.3 is 0 Å². The van der Waals surface area contributed by atoms with Gasteiger partial charge in [0.1, 0.15) is 0 Å². The second-order valence-electron chi connectivity index (χ2n) is 3.15. The summed E-state index contributed by atoms with van der Waals surface area (Å²) in [4.78, 5) is 0. The van der Waals surface area contributed by atoms with Crippen molar-refractivity contribution in [2.75, 3.05) is 5.88 Å². The average Bonchev–Trinajstić information content (AvgIpc) is 2.10. The number of halogens is 1. The highest BCUT2D eigenvalue weighted by Gasteiger charge is 1.84. The lowest BCUT2D eigenvalue weighted by Crippen LogP contribution is -1.74. The fourth-order valence-electron chi connectivity index (χ4n) is 1.12. The van der Waals surface area contributed by atoms with Gasteiger partial charge in [0, 0.05) is 5.88 Å². The third kappa shape index (κ3) is 10.0. The molecule has 12 heavy (non-hydrogen) atoms. The molecule has 0 aliphatic heterocycles. The Hall–Kier alpha value is 0.0300. The molecule has 0 rings (SSSR count). The summed E-state index contributed by atoms with van der Waals surface area (Å²) in [5.41, 5.74) is 0. The van der Waals surface area contributed by atoms with Gasteiger partial charge in [-0.2, -0.15) is 0 Å². The molecule has 0 radical (unpaired) electrons. The van der Waals surface area contributed by atoms with Crippen molar-refractivity contribution in [1.82, 2.24) is 0 Å². The Morgan fingerprint density at radius 3 is 2.17 bits per heavy atom. The molecule has 0 atom stereocenters. The van der Waals surface area contributed by atoms with Crippen LogP contribution >= 0.6 is 11.6 Å². The number of rotatable bonds is 8. The van der Waals surface area contributed by atoms with Crippen molar-refractivity contribution >= 4 is 11.6 Å². The van der Waals surface area contributed by atoms with E-state index in [1.165, 1.54) is 32.1 Å². The third-order valence-electron chi connectivity index (χ3n) is 1.90. The molecule has 0 heterocycles. The first-order valence-electron chi connectivity index (χ1n) is 5.12. The first-order chi connectivity index (χ1) is 5.91. The predicted octanol–water partition coefficient (Wildman–Crippen LogP) is 4.53. The van der Waals surface area contributed by atoms with Gasteiger partial charge < -0.3 is 0 Å². The number of unbranched alkanes of at least 4 members (excludes halogenated alkanes) is 5. The Morgan fingerprint density at radius 2 is 1.58 bits per heavy atom. The van der Waals surface area contributed by atoms with E-state index in [1.54, 1.807) is 0 Å². The summed E-state index contributed by atoms with van der Waals surface area (Å²) in [5, 5.41) is 0. The maximum absolute atomic E-state index is 5.55. The summed E-state index contributed by atoms with van der Waals surface area (Å²) in [7, 11) is 0. The molecule has 0 N–H and O–H groups in total. The maximum Gasteiger partial charge on any atom is 0.0226 e. The van der Waals surface area contributed by atoms with Crippen molar-refractivity contribution in [3.05, 3.63) is 12.2 Å². The molecule has 0 aliphatic rings. The standard InChI is InChI=1S/C11H21Cl/c1-2-3-4-5-6-7-8-9-10-11-12/h7-8H,2-6,9-11H2,1H3/b8-7-. The summed E-state index contributed by atoms with van der Waals surface area (Å²) < 4.78 is 0. The molecule has 1 heteroatoms. The van der Waals surface area contributed by atoms with Gasteiger partial charge in [-0.1, -0.05) is 38.3 Å². The van der Waals surface area contributed by atoms with Crippen LogP contribution in [0.3, 0.4) is 0 Å². The molecule has 0 unspecified atom stereocenters. The van der Waals surface area contributed by atoms with E-state index in [1.807, 2.05) is 0 Å². The highest BCUT2D eigenvalue weighted by Crippen LogP contribution is 2.03. The van der Waals surface area contributed by atoms with E-state index in [0.717, 1.165) is 18.7 Å². The Kier molecular flexibility index (Phi) is 11.1. The number of alkyl halides is 1. The Balaban J connectivity index is 2.92. The average molecular weight is 189 g/mol. The summed E-state index contributed by atoms with van der Waals surface area (Å²) in [5.74, 6) is 0.792. The molecule has 0 aromatic heterocycles. The zero-order valence-electron chi connectivity index (χ0n) is 8.19. The van der Waals surface area contributed by atoms with Crippen LogP contribution < -0.4 is 0 Å². The van der Waals surface area contributed by atoms with Crippen molar-refractivity contribution in [1.29, 1.82) is 0 Å². The summed E-state index contributed by atoms with van der Waals surface area (Å²) >= 11 is 5.55.